The van der Waals surface area contributed by atoms with Crippen LogP contribution in [-0.4, -0.2) is 45.3 Å². The van der Waals surface area contributed by atoms with Crippen molar-refractivity contribution >= 4 is 29.4 Å². The average molecular weight is 475 g/mol. The summed E-state index contributed by atoms with van der Waals surface area (Å²) in [6, 6.07) is 19.5. The number of nitrogens with one attached hydrogen (secondary N) is 2. The third-order valence-electron chi connectivity index (χ3n) is 5.47. The number of methoxy groups -OCH3 is 2. The highest BCUT2D eigenvalue weighted by atomic mass is 16.5. The Morgan fingerprint density at radius 3 is 2.23 bits per heavy atom. The fraction of sp³-hybridized carbons (Fsp3) is 0.222. The summed E-state index contributed by atoms with van der Waals surface area (Å²) in [5.74, 6) is 0.127. The molecule has 0 heterocycles. The Morgan fingerprint density at radius 2 is 1.57 bits per heavy atom. The number of ether oxygens (including phenoxy) is 2. The maximum absolute atomic E-state index is 12.8. The highest BCUT2D eigenvalue weighted by molar-refractivity contribution is 6.09. The third kappa shape index (κ3) is 6.38. The van der Waals surface area contributed by atoms with Crippen LogP contribution in [-0.2, 0) is 0 Å². The molecule has 3 rings (SSSR count). The van der Waals surface area contributed by atoms with Gasteiger partial charge in [0.25, 0.3) is 11.8 Å². The molecule has 182 valence electrons. The second-order valence-corrected chi connectivity index (χ2v) is 7.53. The molecule has 0 bridgehead atoms. The topological polar surface area (TPSA) is 92.3 Å². The van der Waals surface area contributed by atoms with Crippen molar-refractivity contribution in [2.75, 3.05) is 37.5 Å². The van der Waals surface area contributed by atoms with Crippen molar-refractivity contribution in [1.82, 2.24) is 5.43 Å². The summed E-state index contributed by atoms with van der Waals surface area (Å²) >= 11 is 0. The van der Waals surface area contributed by atoms with Crippen LogP contribution in [0.3, 0.4) is 0 Å². The Balaban J connectivity index is 1.68. The molecule has 3 aromatic carbocycles. The van der Waals surface area contributed by atoms with Gasteiger partial charge >= 0.3 is 0 Å². The van der Waals surface area contributed by atoms with E-state index in [0.29, 0.717) is 22.7 Å². The van der Waals surface area contributed by atoms with Gasteiger partial charge in [-0.05, 0) is 61.9 Å². The van der Waals surface area contributed by atoms with E-state index in [0.717, 1.165) is 24.3 Å². The summed E-state index contributed by atoms with van der Waals surface area (Å²) in [5.41, 5.74) is 5.53. The molecule has 3 aromatic rings. The molecule has 2 N–H and O–H groups in total. The first-order chi connectivity index (χ1) is 17.0. The summed E-state index contributed by atoms with van der Waals surface area (Å²) in [6.45, 7) is 6.09. The molecule has 8 heteroatoms. The largest absolute Gasteiger partial charge is 0.493 e. The molecule has 0 unspecified atom stereocenters. The van der Waals surface area contributed by atoms with Crippen LogP contribution < -0.4 is 25.1 Å². The second-order valence-electron chi connectivity index (χ2n) is 7.53. The molecule has 2 amide bonds. The molecule has 0 spiro atoms. The van der Waals surface area contributed by atoms with E-state index in [2.05, 4.69) is 34.6 Å². The number of hydrazone groups is 1. The predicted molar refractivity (Wildman–Crippen MR) is 139 cm³/mol. The number of hydrogen-bond acceptors (Lipinski definition) is 6. The fourth-order valence-corrected chi connectivity index (χ4v) is 3.55. The van der Waals surface area contributed by atoms with E-state index < -0.39 is 5.91 Å². The number of carbonyl (C=O) groups is 2. The Bertz CT molecular complexity index is 1190. The second kappa shape index (κ2) is 12.2. The van der Waals surface area contributed by atoms with Crippen LogP contribution in [0, 0.1) is 0 Å². The molecule has 35 heavy (non-hydrogen) atoms. The van der Waals surface area contributed by atoms with Gasteiger partial charge in [0.1, 0.15) is 0 Å². The Kier molecular flexibility index (Phi) is 8.83. The number of hydrogen-bond donors (Lipinski definition) is 2. The molecule has 0 saturated carbocycles. The van der Waals surface area contributed by atoms with E-state index >= 15 is 0 Å². The van der Waals surface area contributed by atoms with Gasteiger partial charge in [-0.25, -0.2) is 5.43 Å². The molecule has 0 fully saturated rings. The Morgan fingerprint density at radius 1 is 0.886 bits per heavy atom. The zero-order chi connectivity index (χ0) is 25.2. The van der Waals surface area contributed by atoms with Gasteiger partial charge in [-0.1, -0.05) is 24.3 Å². The number of amides is 2. The lowest BCUT2D eigenvalue weighted by Crippen LogP contribution is -2.22. The zero-order valence-corrected chi connectivity index (χ0v) is 20.4. The van der Waals surface area contributed by atoms with Crippen LogP contribution in [0.25, 0.3) is 0 Å². The van der Waals surface area contributed by atoms with Crippen LogP contribution in [0.2, 0.25) is 0 Å². The van der Waals surface area contributed by atoms with E-state index in [1.807, 2.05) is 24.3 Å². The molecule has 0 aliphatic heterocycles. The van der Waals surface area contributed by atoms with Crippen LogP contribution in [0.4, 0.5) is 11.4 Å². The summed E-state index contributed by atoms with van der Waals surface area (Å²) in [7, 11) is 3.02. The van der Waals surface area contributed by atoms with Crippen LogP contribution in [0.15, 0.2) is 71.8 Å². The lowest BCUT2D eigenvalue weighted by Gasteiger charge is -2.20. The normalized spacial score (nSPS) is 10.6. The molecule has 0 aromatic heterocycles. The van der Waals surface area contributed by atoms with E-state index in [4.69, 9.17) is 9.47 Å². The number of para-hydroxylation sites is 1. The lowest BCUT2D eigenvalue weighted by atomic mass is 10.1. The van der Waals surface area contributed by atoms with Crippen molar-refractivity contribution in [2.24, 2.45) is 5.10 Å². The minimum Gasteiger partial charge on any atom is -0.493 e. The third-order valence-corrected chi connectivity index (χ3v) is 5.47. The van der Waals surface area contributed by atoms with Crippen molar-refractivity contribution in [3.8, 4) is 11.5 Å². The number of rotatable bonds is 10. The molecule has 0 aliphatic rings. The van der Waals surface area contributed by atoms with Crippen LogP contribution in [0.1, 0.15) is 40.1 Å². The van der Waals surface area contributed by atoms with E-state index in [1.54, 1.807) is 48.7 Å². The van der Waals surface area contributed by atoms with Crippen LogP contribution in [0.5, 0.6) is 11.5 Å². The summed E-state index contributed by atoms with van der Waals surface area (Å²) in [4.78, 5) is 27.8. The van der Waals surface area contributed by atoms with Crippen molar-refractivity contribution in [3.63, 3.8) is 0 Å². The van der Waals surface area contributed by atoms with Crippen LogP contribution >= 0.6 is 0 Å². The fourth-order valence-electron chi connectivity index (χ4n) is 3.55. The van der Waals surface area contributed by atoms with Crippen molar-refractivity contribution in [2.45, 2.75) is 13.8 Å². The maximum atomic E-state index is 12.8. The Labute approximate surface area is 205 Å². The average Bonchev–Trinajstić information content (AvgIpc) is 2.90. The standard InChI is InChI=1S/C27H30N4O4/c1-5-31(6-2)21-14-11-19(12-15-21)18-28-30-27(33)22-9-7-8-10-23(22)29-26(32)20-13-16-24(34-3)25(17-20)35-4/h7-18H,5-6H2,1-4H3,(H,29,32)(H,30,33). The molecular weight excluding hydrogens is 444 g/mol. The SMILES string of the molecule is CCN(CC)c1ccc(C=NNC(=O)c2ccccc2NC(=O)c2ccc(OC)c(OC)c2)cc1. The van der Waals surface area contributed by atoms with Gasteiger partial charge < -0.3 is 19.7 Å². The molecular formula is C27H30N4O4. The quantitative estimate of drug-likeness (QED) is 0.332. The minimum absolute atomic E-state index is 0.287. The Hall–Kier alpha value is -4.33. The van der Waals surface area contributed by atoms with Gasteiger partial charge in [0.15, 0.2) is 11.5 Å². The number of nitrogens with zero attached hydrogens (tertiary/aromatic N) is 2. The first-order valence-electron chi connectivity index (χ1n) is 11.3. The number of carbonyl (C=O) groups excluding carboxylic acids is 2. The molecule has 0 aliphatic carbocycles. The molecule has 0 atom stereocenters. The van der Waals surface area contributed by atoms with Gasteiger partial charge in [-0.2, -0.15) is 5.10 Å². The van der Waals surface area contributed by atoms with Gasteiger partial charge in [0.2, 0.25) is 0 Å². The lowest BCUT2D eigenvalue weighted by molar-refractivity contribution is 0.0956. The van der Waals surface area contributed by atoms with Gasteiger partial charge in [0.05, 0.1) is 31.7 Å². The summed E-state index contributed by atoms with van der Waals surface area (Å²) < 4.78 is 10.5. The molecule has 0 radical (unpaired) electrons. The van der Waals surface area contributed by atoms with Crippen molar-refractivity contribution < 1.29 is 19.1 Å². The highest BCUT2D eigenvalue weighted by Crippen LogP contribution is 2.28. The highest BCUT2D eigenvalue weighted by Gasteiger charge is 2.15. The van der Waals surface area contributed by atoms with Gasteiger partial charge in [-0.3, -0.25) is 9.59 Å². The maximum Gasteiger partial charge on any atom is 0.273 e. The van der Waals surface area contributed by atoms with Gasteiger partial charge in [0, 0.05) is 24.3 Å². The first kappa shape index (κ1) is 25.3. The zero-order valence-electron chi connectivity index (χ0n) is 20.4. The monoisotopic (exact) mass is 474 g/mol. The van der Waals surface area contributed by atoms with Crippen molar-refractivity contribution in [3.05, 3.63) is 83.4 Å². The van der Waals surface area contributed by atoms with E-state index in [9.17, 15) is 9.59 Å². The summed E-state index contributed by atoms with van der Waals surface area (Å²) in [6.07, 6.45) is 1.58. The number of benzene rings is 3. The van der Waals surface area contributed by atoms with E-state index in [1.165, 1.54) is 14.2 Å². The van der Waals surface area contributed by atoms with E-state index in [-0.39, 0.29) is 11.5 Å². The number of anilines is 2. The smallest absolute Gasteiger partial charge is 0.273 e. The first-order valence-corrected chi connectivity index (χ1v) is 11.3. The van der Waals surface area contributed by atoms with Gasteiger partial charge in [-0.15, -0.1) is 0 Å². The predicted octanol–water partition coefficient (Wildman–Crippen LogP) is 4.57. The molecule has 0 saturated heterocycles. The van der Waals surface area contributed by atoms with Crippen molar-refractivity contribution in [1.29, 1.82) is 0 Å². The summed E-state index contributed by atoms with van der Waals surface area (Å²) in [5, 5.41) is 6.85. The molecule has 8 nitrogen and oxygen atoms in total. The minimum atomic E-state index is -0.441.